The number of pyridine rings is 1. The Labute approximate surface area is 152 Å². The molecule has 1 saturated carbocycles. The molecule has 1 heterocycles. The van der Waals surface area contributed by atoms with Crippen LogP contribution in [0, 0.1) is 5.92 Å². The van der Waals surface area contributed by atoms with Crippen LogP contribution in [0.4, 0.5) is 0 Å². The molecule has 26 heavy (non-hydrogen) atoms. The van der Waals surface area contributed by atoms with Gasteiger partial charge < -0.3 is 10.5 Å². The number of carbonyl (C=O) groups excluding carboxylic acids is 1. The lowest BCUT2D eigenvalue weighted by Gasteiger charge is -2.16. The highest BCUT2D eigenvalue weighted by Gasteiger charge is 2.33. The van der Waals surface area contributed by atoms with Gasteiger partial charge in [-0.3, -0.25) is 4.79 Å². The van der Waals surface area contributed by atoms with Crippen molar-refractivity contribution in [2.45, 2.75) is 18.8 Å². The number of para-hydroxylation sites is 1. The van der Waals surface area contributed by atoms with Crippen molar-refractivity contribution in [3.8, 4) is 11.6 Å². The molecule has 2 aromatic rings. The summed E-state index contributed by atoms with van der Waals surface area (Å²) in [7, 11) is -3.26. The second kappa shape index (κ2) is 7.29. The van der Waals surface area contributed by atoms with E-state index in [0.29, 0.717) is 11.3 Å². The average molecular weight is 372 g/mol. The Morgan fingerprint density at radius 2 is 1.92 bits per heavy atom. The molecule has 1 aromatic heterocycles. The van der Waals surface area contributed by atoms with E-state index in [1.165, 1.54) is 5.41 Å². The van der Waals surface area contributed by atoms with E-state index in [0.717, 1.165) is 19.1 Å². The molecule has 6 nitrogen and oxygen atoms in total. The maximum atomic E-state index is 11.9. The number of allylic oxidation sites excluding steroid dienone is 1. The molecule has 0 radical (unpaired) electrons. The predicted octanol–water partition coefficient (Wildman–Crippen LogP) is 3.02. The minimum Gasteiger partial charge on any atom is -0.439 e. The fourth-order valence-corrected chi connectivity index (χ4v) is 3.24. The summed E-state index contributed by atoms with van der Waals surface area (Å²) >= 11 is 0. The largest absolute Gasteiger partial charge is 0.439 e. The third-order valence-corrected chi connectivity index (χ3v) is 4.77. The SMILES string of the molecule is CS(=O)(=O)C=CC(c1ccc(Oc2ccccc2)nc1C(N)=O)C1CC1. The molecule has 7 heteroatoms. The summed E-state index contributed by atoms with van der Waals surface area (Å²) in [5, 5.41) is 1.18. The number of nitrogens with zero attached hydrogens (tertiary/aromatic N) is 1. The lowest BCUT2D eigenvalue weighted by molar-refractivity contribution is 0.0993. The molecule has 0 bridgehead atoms. The van der Waals surface area contributed by atoms with Gasteiger partial charge >= 0.3 is 0 Å². The van der Waals surface area contributed by atoms with Crippen molar-refractivity contribution >= 4 is 15.7 Å². The van der Waals surface area contributed by atoms with Gasteiger partial charge in [0.05, 0.1) is 0 Å². The first kappa shape index (κ1) is 18.1. The summed E-state index contributed by atoms with van der Waals surface area (Å²) in [5.41, 5.74) is 6.25. The smallest absolute Gasteiger partial charge is 0.267 e. The Bertz CT molecular complexity index is 935. The molecule has 1 unspecified atom stereocenters. The summed E-state index contributed by atoms with van der Waals surface area (Å²) in [6.45, 7) is 0. The molecule has 1 aromatic carbocycles. The van der Waals surface area contributed by atoms with E-state index in [2.05, 4.69) is 4.98 Å². The lowest BCUT2D eigenvalue weighted by atomic mass is 9.92. The second-order valence-corrected chi connectivity index (χ2v) is 8.32. The van der Waals surface area contributed by atoms with Crippen LogP contribution < -0.4 is 10.5 Å². The van der Waals surface area contributed by atoms with Crippen LogP contribution in [0.2, 0.25) is 0 Å². The van der Waals surface area contributed by atoms with E-state index in [1.54, 1.807) is 30.3 Å². The highest BCUT2D eigenvalue weighted by atomic mass is 32.2. The Morgan fingerprint density at radius 3 is 2.50 bits per heavy atom. The van der Waals surface area contributed by atoms with E-state index in [4.69, 9.17) is 10.5 Å². The number of rotatable bonds is 7. The van der Waals surface area contributed by atoms with Gasteiger partial charge in [0.2, 0.25) is 5.88 Å². The maximum Gasteiger partial charge on any atom is 0.267 e. The van der Waals surface area contributed by atoms with Crippen molar-refractivity contribution in [1.82, 2.24) is 4.98 Å². The third-order valence-electron chi connectivity index (χ3n) is 4.12. The Hall–Kier alpha value is -2.67. The number of primary amides is 1. The van der Waals surface area contributed by atoms with Crippen molar-refractivity contribution in [2.75, 3.05) is 6.26 Å². The van der Waals surface area contributed by atoms with Crippen molar-refractivity contribution in [3.63, 3.8) is 0 Å². The number of ether oxygens (including phenoxy) is 1. The van der Waals surface area contributed by atoms with Gasteiger partial charge in [0.25, 0.3) is 5.91 Å². The molecule has 0 aliphatic heterocycles. The molecule has 1 fully saturated rings. The van der Waals surface area contributed by atoms with E-state index in [-0.39, 0.29) is 23.4 Å². The van der Waals surface area contributed by atoms with Crippen LogP contribution in [-0.2, 0) is 9.84 Å². The zero-order chi connectivity index (χ0) is 18.7. The van der Waals surface area contributed by atoms with E-state index in [1.807, 2.05) is 18.2 Å². The molecule has 1 aliphatic rings. The highest BCUT2D eigenvalue weighted by Crippen LogP contribution is 2.44. The van der Waals surface area contributed by atoms with Gasteiger partial charge in [0.15, 0.2) is 9.84 Å². The van der Waals surface area contributed by atoms with E-state index < -0.39 is 15.7 Å². The fraction of sp³-hybridized carbons (Fsp3) is 0.263. The summed E-state index contributed by atoms with van der Waals surface area (Å²) in [6, 6.07) is 12.5. The number of aromatic nitrogens is 1. The first-order valence-electron chi connectivity index (χ1n) is 8.25. The summed E-state index contributed by atoms with van der Waals surface area (Å²) < 4.78 is 28.6. The van der Waals surface area contributed by atoms with Crippen molar-refractivity contribution in [3.05, 3.63) is 65.2 Å². The molecule has 2 N–H and O–H groups in total. The van der Waals surface area contributed by atoms with Gasteiger partial charge in [0, 0.05) is 23.6 Å². The number of carbonyl (C=O) groups is 1. The topological polar surface area (TPSA) is 99.3 Å². The van der Waals surface area contributed by atoms with Gasteiger partial charge in [-0.05, 0) is 36.5 Å². The number of nitrogens with two attached hydrogens (primary N) is 1. The fourth-order valence-electron chi connectivity index (χ4n) is 2.78. The Morgan fingerprint density at radius 1 is 1.23 bits per heavy atom. The van der Waals surface area contributed by atoms with Crippen molar-refractivity contribution in [2.24, 2.45) is 11.7 Å². The molecular formula is C19H20N2O4S. The van der Waals surface area contributed by atoms with Crippen molar-refractivity contribution in [1.29, 1.82) is 0 Å². The molecule has 1 amide bonds. The normalized spacial score (nSPS) is 15.7. The molecule has 1 atom stereocenters. The summed E-state index contributed by atoms with van der Waals surface area (Å²) in [4.78, 5) is 16.2. The first-order valence-corrected chi connectivity index (χ1v) is 10.2. The van der Waals surface area contributed by atoms with E-state index >= 15 is 0 Å². The molecular weight excluding hydrogens is 352 g/mol. The van der Waals surface area contributed by atoms with Gasteiger partial charge in [0.1, 0.15) is 11.4 Å². The van der Waals surface area contributed by atoms with Crippen LogP contribution in [0.5, 0.6) is 11.6 Å². The van der Waals surface area contributed by atoms with Gasteiger partial charge in [-0.25, -0.2) is 13.4 Å². The van der Waals surface area contributed by atoms with Gasteiger partial charge in [-0.1, -0.05) is 30.3 Å². The molecule has 0 spiro atoms. The van der Waals surface area contributed by atoms with Crippen LogP contribution >= 0.6 is 0 Å². The Kier molecular flexibility index (Phi) is 5.08. The third kappa shape index (κ3) is 4.70. The summed E-state index contributed by atoms with van der Waals surface area (Å²) in [6.07, 6.45) is 4.70. The standard InChI is InChI=1S/C19H20N2O4S/c1-26(23,24)12-11-15(13-7-8-13)16-9-10-17(21-18(16)19(20)22)25-14-5-3-2-4-6-14/h2-6,9-13,15H,7-8H2,1H3,(H2,20,22). The van der Waals surface area contributed by atoms with E-state index in [9.17, 15) is 13.2 Å². The number of amides is 1. The first-order chi connectivity index (χ1) is 12.3. The minimum atomic E-state index is -3.26. The summed E-state index contributed by atoms with van der Waals surface area (Å²) in [5.74, 6) is 0.255. The zero-order valence-electron chi connectivity index (χ0n) is 14.3. The number of hydrogen-bond donors (Lipinski definition) is 1. The quantitative estimate of drug-likeness (QED) is 0.805. The maximum absolute atomic E-state index is 11.9. The number of hydrogen-bond acceptors (Lipinski definition) is 5. The second-order valence-electron chi connectivity index (χ2n) is 6.39. The van der Waals surface area contributed by atoms with Crippen LogP contribution in [0.25, 0.3) is 0 Å². The van der Waals surface area contributed by atoms with Crippen LogP contribution in [0.15, 0.2) is 53.9 Å². The van der Waals surface area contributed by atoms with Gasteiger partial charge in [-0.15, -0.1) is 0 Å². The number of sulfone groups is 1. The molecule has 136 valence electrons. The Balaban J connectivity index is 1.95. The lowest BCUT2D eigenvalue weighted by Crippen LogP contribution is -2.18. The van der Waals surface area contributed by atoms with Crippen LogP contribution in [0.3, 0.4) is 0 Å². The molecule has 1 aliphatic carbocycles. The highest BCUT2D eigenvalue weighted by molar-refractivity contribution is 7.93. The minimum absolute atomic E-state index is 0.105. The molecule has 3 rings (SSSR count). The van der Waals surface area contributed by atoms with Crippen LogP contribution in [0.1, 0.15) is 34.8 Å². The van der Waals surface area contributed by atoms with Crippen LogP contribution in [-0.4, -0.2) is 25.6 Å². The van der Waals surface area contributed by atoms with Gasteiger partial charge in [-0.2, -0.15) is 0 Å². The predicted molar refractivity (Wildman–Crippen MR) is 98.7 cm³/mol. The average Bonchev–Trinajstić information content (AvgIpc) is 3.41. The monoisotopic (exact) mass is 372 g/mol. The zero-order valence-corrected chi connectivity index (χ0v) is 15.1. The molecule has 0 saturated heterocycles. The number of benzene rings is 1. The van der Waals surface area contributed by atoms with Crippen molar-refractivity contribution < 1.29 is 17.9 Å².